The van der Waals surface area contributed by atoms with Crippen LogP contribution in [0.4, 0.5) is 0 Å². The Bertz CT molecular complexity index is 10.8. The molecule has 0 N–H and O–H groups in total. The summed E-state index contributed by atoms with van der Waals surface area (Å²) in [6, 6.07) is 0. The van der Waals surface area contributed by atoms with Crippen LogP contribution in [0.1, 0.15) is 0 Å². The Morgan fingerprint density at radius 3 is 1.25 bits per heavy atom. The average Bonchev–Trinajstić information content (AvgIpc) is 1.00. The third kappa shape index (κ3) is 22800. The Balaban J connectivity index is -0.00000000500. The van der Waals surface area contributed by atoms with Crippen molar-refractivity contribution in [3.63, 3.8) is 0 Å². The van der Waals surface area contributed by atoms with Crippen molar-refractivity contribution in [1.29, 1.82) is 5.26 Å². The number of rotatable bonds is 0. The molecule has 0 aliphatic heterocycles. The van der Waals surface area contributed by atoms with Gasteiger partial charge in [-0.2, -0.15) is 0 Å². The number of nitrogens with zero attached hydrogens (tertiary/aromatic N) is 1. The summed E-state index contributed by atoms with van der Waals surface area (Å²) < 4.78 is 0. The molecule has 0 aromatic rings. The molecule has 0 aromatic heterocycles. The zero-order valence-electron chi connectivity index (χ0n) is 2.30. The molecule has 24 valence electrons. The van der Waals surface area contributed by atoms with Gasteiger partial charge in [-0.1, -0.05) is 0 Å². The summed E-state index contributed by atoms with van der Waals surface area (Å²) in [5.41, 5.74) is 0. The molecule has 0 heterocycles. The van der Waals surface area contributed by atoms with Crippen molar-refractivity contribution in [3.05, 3.63) is 14.0 Å². The molecule has 0 radical (unpaired) electrons. The normalized spacial score (nSPS) is 0.500. The van der Waals surface area contributed by atoms with Gasteiger partial charge in [0.05, 0.1) is 0 Å². The second-order valence-corrected chi connectivity index (χ2v) is 0. The minimum atomic E-state index is 0. The fraction of sp³-hybridized carbons (Fsp3) is 0. The van der Waals surface area contributed by atoms with E-state index in [-0.39, 0.29) is 24.5 Å². The van der Waals surface area contributed by atoms with Gasteiger partial charge in [-0.15, -0.1) is 0 Å². The van der Waals surface area contributed by atoms with Gasteiger partial charge in [0.1, 0.15) is 0 Å². The second kappa shape index (κ2) is 135000. The third-order valence-electron chi connectivity index (χ3n) is 0. The van der Waals surface area contributed by atoms with E-state index in [2.05, 4.69) is 0 Å². The van der Waals surface area contributed by atoms with Crippen LogP contribution in [-0.4, -0.2) is 0 Å². The fourth-order valence-electron chi connectivity index (χ4n) is 0. The van der Waals surface area contributed by atoms with E-state index < -0.39 is 0 Å². The molecule has 4 heavy (non-hydrogen) atoms. The molecule has 0 atom stereocenters. The molecule has 2 heteroatoms. The Kier molecular flexibility index (Phi) is 1200000. The fourth-order valence-corrected chi connectivity index (χ4v) is 0. The summed E-state index contributed by atoms with van der Waals surface area (Å²) in [4.78, 5) is 0. The van der Waals surface area contributed by atoms with Crippen LogP contribution in [0.15, 0.2) is 0 Å². The minimum absolute atomic E-state index is 0. The first-order chi connectivity index (χ1) is 1.00. The molecule has 0 unspecified atom stereocenters. The summed E-state index contributed by atoms with van der Waals surface area (Å²) in [5, 5.41) is 6.25. The summed E-state index contributed by atoms with van der Waals surface area (Å²) in [6.07, 6.45) is 0. The first kappa shape index (κ1) is 35.6. The molecule has 0 bridgehead atoms. The Hall–Kier alpha value is 0.00948. The van der Waals surface area contributed by atoms with Gasteiger partial charge in [0, 0.05) is 0 Å². The predicted octanol–water partition coefficient (Wildman–Crippen LogP) is 0.544. The minimum Gasteiger partial charge on any atom is -0.512 e. The van der Waals surface area contributed by atoms with Crippen LogP contribution in [0.25, 0.3) is 0 Å². The van der Waals surface area contributed by atoms with E-state index in [0.717, 1.165) is 0 Å². The van der Waals surface area contributed by atoms with Gasteiger partial charge in [-0.3, -0.25) is 0 Å². The van der Waals surface area contributed by atoms with Crippen LogP contribution in [0.5, 0.6) is 0 Å². The van der Waals surface area contributed by atoms with E-state index in [1.165, 1.54) is 0 Å². The van der Waals surface area contributed by atoms with Crippen molar-refractivity contribution in [2.24, 2.45) is 0 Å². The first-order valence-electron chi connectivity index (χ1n) is 0.224. The molecular formula is C2H3FeN. The molecule has 0 aliphatic carbocycles. The molecule has 0 amide bonds. The van der Waals surface area contributed by atoms with E-state index >= 15 is 0 Å². The van der Waals surface area contributed by atoms with E-state index in [0.29, 0.717) is 0 Å². The van der Waals surface area contributed by atoms with Crippen molar-refractivity contribution in [3.8, 4) is 0 Å². The van der Waals surface area contributed by atoms with Gasteiger partial charge >= 0.3 is 17.1 Å². The van der Waals surface area contributed by atoms with E-state index in [4.69, 9.17) is 11.8 Å². The molecular weight excluding hydrogens is 93.9 g/mol. The summed E-state index contributed by atoms with van der Waals surface area (Å²) in [7, 11) is 0. The van der Waals surface area contributed by atoms with Gasteiger partial charge < -0.3 is 19.3 Å². The van der Waals surface area contributed by atoms with Crippen LogP contribution in [0, 0.1) is 19.3 Å². The smallest absolute Gasteiger partial charge is 0.512 e. The van der Waals surface area contributed by atoms with Crippen LogP contribution in [-0.2, 0) is 17.1 Å². The molecule has 1 nitrogen and oxygen atoms in total. The molecule has 0 fully saturated rings. The van der Waals surface area contributed by atoms with Gasteiger partial charge in [0.15, 0.2) is 0 Å². The first-order valence-corrected chi connectivity index (χ1v) is 0.224. The third-order valence-corrected chi connectivity index (χ3v) is 0. The van der Waals surface area contributed by atoms with Gasteiger partial charge in [-0.05, 0) is 0 Å². The van der Waals surface area contributed by atoms with Crippen LogP contribution in [0.3, 0.4) is 0 Å². The summed E-state index contributed by atoms with van der Waals surface area (Å²) in [5.74, 6) is 0. The van der Waals surface area contributed by atoms with Crippen molar-refractivity contribution in [2.75, 3.05) is 0 Å². The van der Waals surface area contributed by atoms with Gasteiger partial charge in [0.2, 0.25) is 0 Å². The Morgan fingerprint density at radius 2 is 1.25 bits per heavy atom. The van der Waals surface area contributed by atoms with Crippen molar-refractivity contribution < 1.29 is 17.1 Å². The standard InChI is InChI=1S/CN.CH3.Fe/c1-2;;/h;1H3;/q2*-1;+2. The molecule has 0 spiro atoms. The molecule has 0 saturated carbocycles. The molecule has 0 rings (SSSR count). The predicted molar refractivity (Wildman–Crippen MR) is 11.4 cm³/mol. The average molecular weight is 96.9 g/mol. The van der Waals surface area contributed by atoms with Crippen LogP contribution >= 0.6 is 0 Å². The SMILES string of the molecule is [C-]#N.[CH3-].[Fe+2]. The molecule has 0 aliphatic rings. The van der Waals surface area contributed by atoms with Crippen molar-refractivity contribution >= 4 is 0 Å². The maximum Gasteiger partial charge on any atom is 2.00 e. The maximum atomic E-state index is 6.25. The quantitative estimate of drug-likeness (QED) is 0.319. The number of hydrogen-bond acceptors (Lipinski definition) is 1. The van der Waals surface area contributed by atoms with Gasteiger partial charge in [0.25, 0.3) is 0 Å². The van der Waals surface area contributed by atoms with Crippen molar-refractivity contribution in [2.45, 2.75) is 0 Å². The summed E-state index contributed by atoms with van der Waals surface area (Å²) in [6.45, 7) is 4.75. The monoisotopic (exact) mass is 97.0 g/mol. The molecule has 0 aromatic carbocycles. The van der Waals surface area contributed by atoms with Gasteiger partial charge in [-0.25, -0.2) is 0 Å². The summed E-state index contributed by atoms with van der Waals surface area (Å²) >= 11 is 0. The Labute approximate surface area is 37.1 Å². The topological polar surface area (TPSA) is 23.8 Å². The largest absolute Gasteiger partial charge is 2.00 e. The van der Waals surface area contributed by atoms with E-state index in [9.17, 15) is 0 Å². The second-order valence-electron chi connectivity index (χ2n) is 0. The Morgan fingerprint density at radius 1 is 1.25 bits per heavy atom. The van der Waals surface area contributed by atoms with Crippen molar-refractivity contribution in [1.82, 2.24) is 0 Å². The zero-order valence-corrected chi connectivity index (χ0v) is 3.40. The maximum absolute atomic E-state index is 6.25. The molecule has 0 saturated heterocycles. The number of hydrogen-bond donors (Lipinski definition) is 0. The van der Waals surface area contributed by atoms with Crippen LogP contribution in [0.2, 0.25) is 0 Å². The van der Waals surface area contributed by atoms with E-state index in [1.54, 1.807) is 0 Å². The van der Waals surface area contributed by atoms with Crippen LogP contribution < -0.4 is 0 Å². The van der Waals surface area contributed by atoms with E-state index in [1.807, 2.05) is 0 Å². The zero-order chi connectivity index (χ0) is 2.00.